The second kappa shape index (κ2) is 6.29. The first-order valence-corrected chi connectivity index (χ1v) is 7.85. The maximum Gasteiger partial charge on any atom is 0.273 e. The lowest BCUT2D eigenvalue weighted by molar-refractivity contribution is 0.338. The highest BCUT2D eigenvalue weighted by molar-refractivity contribution is 7.16. The Kier molecular flexibility index (Phi) is 4.22. The van der Waals surface area contributed by atoms with Gasteiger partial charge in [0.2, 0.25) is 5.95 Å². The predicted octanol–water partition coefficient (Wildman–Crippen LogP) is 3.90. The van der Waals surface area contributed by atoms with Gasteiger partial charge in [-0.15, -0.1) is 0 Å². The van der Waals surface area contributed by atoms with Gasteiger partial charge >= 0.3 is 0 Å². The molecule has 1 aromatic carbocycles. The fourth-order valence-electron chi connectivity index (χ4n) is 1.97. The molecule has 0 aliphatic heterocycles. The molecule has 3 rings (SSSR count). The molecule has 0 aliphatic rings. The van der Waals surface area contributed by atoms with Gasteiger partial charge in [-0.05, 0) is 19.1 Å². The smallest absolute Gasteiger partial charge is 0.273 e. The Morgan fingerprint density at radius 3 is 2.77 bits per heavy atom. The third-order valence-electron chi connectivity index (χ3n) is 2.90. The van der Waals surface area contributed by atoms with Gasteiger partial charge in [0.05, 0.1) is 29.1 Å². The maximum atomic E-state index is 6.22. The van der Waals surface area contributed by atoms with E-state index in [2.05, 4.69) is 15.0 Å². The molecule has 0 fully saturated rings. The molecule has 22 heavy (non-hydrogen) atoms. The van der Waals surface area contributed by atoms with Crippen LogP contribution < -0.4 is 10.5 Å². The Labute approximate surface area is 136 Å². The zero-order chi connectivity index (χ0) is 15.5. The van der Waals surface area contributed by atoms with Gasteiger partial charge in [-0.1, -0.05) is 41.1 Å². The molecule has 0 amide bonds. The van der Waals surface area contributed by atoms with Crippen LogP contribution in [0.2, 0.25) is 5.02 Å². The van der Waals surface area contributed by atoms with Gasteiger partial charge in [0.15, 0.2) is 0 Å². The highest BCUT2D eigenvalue weighted by Gasteiger charge is 2.12. The highest BCUT2D eigenvalue weighted by Crippen LogP contribution is 2.33. The van der Waals surface area contributed by atoms with Gasteiger partial charge in [0, 0.05) is 10.6 Å². The quantitative estimate of drug-likeness (QED) is 0.784. The molecule has 0 unspecified atom stereocenters. The molecule has 0 saturated heterocycles. The lowest BCUT2D eigenvalue weighted by Crippen LogP contribution is -1.98. The summed E-state index contributed by atoms with van der Waals surface area (Å²) in [6.07, 6.45) is 1.72. The van der Waals surface area contributed by atoms with E-state index < -0.39 is 0 Å². The fraction of sp³-hybridized carbons (Fsp3) is 0.133. The van der Waals surface area contributed by atoms with Gasteiger partial charge in [-0.2, -0.15) is 0 Å². The van der Waals surface area contributed by atoms with E-state index in [0.717, 1.165) is 10.4 Å². The molecule has 3 aromatic rings. The lowest BCUT2D eigenvalue weighted by atomic mass is 10.1. The van der Waals surface area contributed by atoms with E-state index >= 15 is 0 Å². The summed E-state index contributed by atoms with van der Waals surface area (Å²) >= 11 is 7.64. The second-order valence-corrected chi connectivity index (χ2v) is 5.80. The molecule has 0 spiro atoms. The molecule has 5 nitrogen and oxygen atoms in total. The van der Waals surface area contributed by atoms with Crippen LogP contribution in [0.25, 0.3) is 21.8 Å². The number of rotatable bonds is 4. The minimum absolute atomic E-state index is 0.193. The van der Waals surface area contributed by atoms with Crippen LogP contribution in [-0.4, -0.2) is 21.6 Å². The summed E-state index contributed by atoms with van der Waals surface area (Å²) in [5, 5.41) is 1.22. The van der Waals surface area contributed by atoms with Crippen molar-refractivity contribution in [1.29, 1.82) is 0 Å². The number of nitrogens with two attached hydrogens (primary N) is 1. The molecule has 0 aliphatic carbocycles. The van der Waals surface area contributed by atoms with Crippen LogP contribution in [0.3, 0.4) is 0 Å². The van der Waals surface area contributed by atoms with E-state index in [0.29, 0.717) is 28.2 Å². The van der Waals surface area contributed by atoms with E-state index in [-0.39, 0.29) is 5.95 Å². The summed E-state index contributed by atoms with van der Waals surface area (Å²) in [5.41, 5.74) is 8.03. The number of thiazole rings is 1. The number of benzene rings is 1. The van der Waals surface area contributed by atoms with Gasteiger partial charge < -0.3 is 10.5 Å². The standard InChI is InChI=1S/C15H13ClN4OS/c1-2-21-15-18-8-13(22-15)12-7-11(19-14(17)20-12)9-5-3-4-6-10(9)16/h3-8H,2H2,1H3,(H2,17,19,20). The Balaban J connectivity index is 2.04. The number of anilines is 1. The molecular weight excluding hydrogens is 320 g/mol. The second-order valence-electron chi connectivity index (χ2n) is 4.40. The summed E-state index contributed by atoms with van der Waals surface area (Å²) in [6, 6.07) is 9.33. The molecule has 2 heterocycles. The molecule has 7 heteroatoms. The van der Waals surface area contributed by atoms with Crippen molar-refractivity contribution in [2.24, 2.45) is 0 Å². The van der Waals surface area contributed by atoms with Gasteiger partial charge in [-0.25, -0.2) is 15.0 Å². The van der Waals surface area contributed by atoms with E-state index in [1.807, 2.05) is 37.3 Å². The number of ether oxygens (including phenoxy) is 1. The van der Waals surface area contributed by atoms with E-state index in [1.165, 1.54) is 11.3 Å². The molecule has 0 saturated carbocycles. The summed E-state index contributed by atoms with van der Waals surface area (Å²) < 4.78 is 5.38. The van der Waals surface area contributed by atoms with Crippen LogP contribution in [0.5, 0.6) is 5.19 Å². The third-order valence-corrected chi connectivity index (χ3v) is 4.16. The Hall–Kier alpha value is -2.18. The number of nitrogens with zero attached hydrogens (tertiary/aromatic N) is 3. The van der Waals surface area contributed by atoms with Crippen molar-refractivity contribution < 1.29 is 4.74 Å². The van der Waals surface area contributed by atoms with Gasteiger partial charge in [0.1, 0.15) is 0 Å². The van der Waals surface area contributed by atoms with Gasteiger partial charge in [-0.3, -0.25) is 0 Å². The minimum Gasteiger partial charge on any atom is -0.470 e. The van der Waals surface area contributed by atoms with Crippen molar-refractivity contribution in [2.45, 2.75) is 6.92 Å². The Bertz CT molecular complexity index is 806. The first-order chi connectivity index (χ1) is 10.7. The summed E-state index contributed by atoms with van der Waals surface area (Å²) in [4.78, 5) is 13.6. The van der Waals surface area contributed by atoms with Crippen molar-refractivity contribution >= 4 is 28.9 Å². The molecular formula is C15H13ClN4OS. The molecule has 0 radical (unpaired) electrons. The van der Waals surface area contributed by atoms with E-state index in [1.54, 1.807) is 6.20 Å². The molecule has 0 atom stereocenters. The van der Waals surface area contributed by atoms with Crippen molar-refractivity contribution in [2.75, 3.05) is 12.3 Å². The van der Waals surface area contributed by atoms with Gasteiger partial charge in [0.25, 0.3) is 5.19 Å². The number of halogens is 1. The molecule has 2 N–H and O–H groups in total. The molecule has 0 bridgehead atoms. The molecule has 2 aromatic heterocycles. The Morgan fingerprint density at radius 1 is 1.23 bits per heavy atom. The summed E-state index contributed by atoms with van der Waals surface area (Å²) in [7, 11) is 0. The lowest BCUT2D eigenvalue weighted by Gasteiger charge is -2.06. The first-order valence-electron chi connectivity index (χ1n) is 6.66. The maximum absolute atomic E-state index is 6.22. The monoisotopic (exact) mass is 332 g/mol. The number of hydrogen-bond donors (Lipinski definition) is 1. The number of aromatic nitrogens is 3. The van der Waals surface area contributed by atoms with Crippen LogP contribution in [0.4, 0.5) is 5.95 Å². The zero-order valence-electron chi connectivity index (χ0n) is 11.8. The van der Waals surface area contributed by atoms with Crippen LogP contribution in [0, 0.1) is 0 Å². The summed E-state index contributed by atoms with van der Waals surface area (Å²) in [6.45, 7) is 2.49. The largest absolute Gasteiger partial charge is 0.470 e. The third kappa shape index (κ3) is 3.03. The predicted molar refractivity (Wildman–Crippen MR) is 89.2 cm³/mol. The van der Waals surface area contributed by atoms with E-state index in [9.17, 15) is 0 Å². The minimum atomic E-state index is 0.193. The normalized spacial score (nSPS) is 10.6. The van der Waals surface area contributed by atoms with E-state index in [4.69, 9.17) is 22.1 Å². The van der Waals surface area contributed by atoms with Crippen LogP contribution in [0.1, 0.15) is 6.92 Å². The van der Waals surface area contributed by atoms with Crippen molar-refractivity contribution in [3.05, 3.63) is 41.6 Å². The summed E-state index contributed by atoms with van der Waals surface area (Å²) in [5.74, 6) is 0.193. The first kappa shape index (κ1) is 14.7. The highest BCUT2D eigenvalue weighted by atomic mass is 35.5. The van der Waals surface area contributed by atoms with Crippen LogP contribution in [-0.2, 0) is 0 Å². The number of hydrogen-bond acceptors (Lipinski definition) is 6. The van der Waals surface area contributed by atoms with Crippen LogP contribution in [0.15, 0.2) is 36.5 Å². The van der Waals surface area contributed by atoms with Crippen molar-refractivity contribution in [1.82, 2.24) is 15.0 Å². The SMILES string of the molecule is CCOc1ncc(-c2cc(-c3ccccc3Cl)nc(N)n2)s1. The fourth-order valence-corrected chi connectivity index (χ4v) is 2.98. The Morgan fingerprint density at radius 2 is 2.00 bits per heavy atom. The molecule has 112 valence electrons. The van der Waals surface area contributed by atoms with Crippen molar-refractivity contribution in [3.8, 4) is 27.0 Å². The van der Waals surface area contributed by atoms with Crippen molar-refractivity contribution in [3.63, 3.8) is 0 Å². The number of nitrogen functional groups attached to an aromatic ring is 1. The zero-order valence-corrected chi connectivity index (χ0v) is 13.4. The average Bonchev–Trinajstić information content (AvgIpc) is 2.96. The van der Waals surface area contributed by atoms with Crippen LogP contribution >= 0.6 is 22.9 Å². The topological polar surface area (TPSA) is 73.9 Å². The average molecular weight is 333 g/mol.